The van der Waals surface area contributed by atoms with E-state index < -0.39 is 0 Å². The van der Waals surface area contributed by atoms with Crippen molar-refractivity contribution in [1.29, 1.82) is 0 Å². The summed E-state index contributed by atoms with van der Waals surface area (Å²) in [6, 6.07) is 5.78. The van der Waals surface area contributed by atoms with Gasteiger partial charge in [-0.05, 0) is 36.7 Å². The standard InChI is InChI=1S/C10H13BrClNO/c11-9-2-3-10(12)8(6-9)7-13-4-1-5-14/h2-3,6,13-14H,1,4-5,7H2. The SMILES string of the molecule is OCCCNCc1cc(Br)ccc1Cl. The van der Waals surface area contributed by atoms with Crippen LogP contribution in [0.3, 0.4) is 0 Å². The average Bonchev–Trinajstić information content (AvgIpc) is 2.18. The molecule has 0 aliphatic carbocycles. The smallest absolute Gasteiger partial charge is 0.0451 e. The summed E-state index contributed by atoms with van der Waals surface area (Å²) in [5, 5.41) is 12.6. The van der Waals surface area contributed by atoms with Gasteiger partial charge in [0.2, 0.25) is 0 Å². The van der Waals surface area contributed by atoms with Crippen LogP contribution < -0.4 is 5.32 Å². The third-order valence-electron chi connectivity index (χ3n) is 1.83. The Bertz CT molecular complexity index is 293. The molecule has 4 heteroatoms. The molecule has 2 nitrogen and oxygen atoms in total. The third-order valence-corrected chi connectivity index (χ3v) is 2.70. The normalized spacial score (nSPS) is 10.5. The van der Waals surface area contributed by atoms with Crippen LogP contribution in [0.15, 0.2) is 22.7 Å². The van der Waals surface area contributed by atoms with Gasteiger partial charge in [0.25, 0.3) is 0 Å². The number of hydrogen-bond acceptors (Lipinski definition) is 2. The van der Waals surface area contributed by atoms with E-state index in [4.69, 9.17) is 16.7 Å². The average molecular weight is 279 g/mol. The van der Waals surface area contributed by atoms with E-state index in [0.29, 0.717) is 0 Å². The lowest BCUT2D eigenvalue weighted by atomic mass is 10.2. The Hall–Kier alpha value is -0.0900. The van der Waals surface area contributed by atoms with Crippen LogP contribution in [0.2, 0.25) is 5.02 Å². The van der Waals surface area contributed by atoms with Crippen molar-refractivity contribution >= 4 is 27.5 Å². The number of halogens is 2. The van der Waals surface area contributed by atoms with E-state index in [-0.39, 0.29) is 6.61 Å². The van der Waals surface area contributed by atoms with Gasteiger partial charge < -0.3 is 10.4 Å². The lowest BCUT2D eigenvalue weighted by Gasteiger charge is -2.06. The Kier molecular flexibility index (Phi) is 5.48. The lowest BCUT2D eigenvalue weighted by Crippen LogP contribution is -2.15. The quantitative estimate of drug-likeness (QED) is 0.812. The molecule has 0 atom stereocenters. The molecule has 0 spiro atoms. The highest BCUT2D eigenvalue weighted by atomic mass is 79.9. The molecule has 1 rings (SSSR count). The Labute approximate surface area is 97.4 Å². The summed E-state index contributed by atoms with van der Waals surface area (Å²) in [6.45, 7) is 1.76. The second-order valence-corrected chi connectivity index (χ2v) is 4.31. The minimum absolute atomic E-state index is 0.221. The van der Waals surface area contributed by atoms with Crippen molar-refractivity contribution in [1.82, 2.24) is 5.32 Å². The monoisotopic (exact) mass is 277 g/mol. The van der Waals surface area contributed by atoms with E-state index in [9.17, 15) is 0 Å². The van der Waals surface area contributed by atoms with Gasteiger partial charge in [0.15, 0.2) is 0 Å². The van der Waals surface area contributed by atoms with E-state index in [2.05, 4.69) is 21.2 Å². The van der Waals surface area contributed by atoms with Gasteiger partial charge in [0.1, 0.15) is 0 Å². The summed E-state index contributed by atoms with van der Waals surface area (Å²) in [5.74, 6) is 0. The summed E-state index contributed by atoms with van der Waals surface area (Å²) >= 11 is 9.39. The summed E-state index contributed by atoms with van der Waals surface area (Å²) in [6.07, 6.45) is 0.769. The van der Waals surface area contributed by atoms with Gasteiger partial charge in [-0.15, -0.1) is 0 Å². The number of benzene rings is 1. The van der Waals surface area contributed by atoms with E-state index in [1.54, 1.807) is 0 Å². The topological polar surface area (TPSA) is 32.3 Å². The van der Waals surface area contributed by atoms with Crippen LogP contribution in [-0.4, -0.2) is 18.3 Å². The van der Waals surface area contributed by atoms with Gasteiger partial charge in [-0.25, -0.2) is 0 Å². The fourth-order valence-electron chi connectivity index (χ4n) is 1.11. The number of aliphatic hydroxyl groups is 1. The predicted molar refractivity (Wildman–Crippen MR) is 62.6 cm³/mol. The zero-order valence-corrected chi connectivity index (χ0v) is 10.1. The van der Waals surface area contributed by atoms with Crippen LogP contribution in [0.5, 0.6) is 0 Å². The van der Waals surface area contributed by atoms with E-state index >= 15 is 0 Å². The molecule has 0 bridgehead atoms. The number of aliphatic hydroxyl groups excluding tert-OH is 1. The van der Waals surface area contributed by atoms with Crippen molar-refractivity contribution < 1.29 is 5.11 Å². The summed E-state index contributed by atoms with van der Waals surface area (Å²) < 4.78 is 1.03. The Morgan fingerprint density at radius 1 is 1.43 bits per heavy atom. The molecule has 0 aromatic heterocycles. The second kappa shape index (κ2) is 6.40. The molecule has 0 heterocycles. The van der Waals surface area contributed by atoms with Crippen LogP contribution in [0.4, 0.5) is 0 Å². The number of rotatable bonds is 5. The first-order valence-electron chi connectivity index (χ1n) is 4.49. The highest BCUT2D eigenvalue weighted by Crippen LogP contribution is 2.20. The van der Waals surface area contributed by atoms with E-state index in [1.165, 1.54) is 0 Å². The Balaban J connectivity index is 2.45. The maximum atomic E-state index is 8.59. The molecule has 0 amide bonds. The first kappa shape index (κ1) is 12.0. The minimum Gasteiger partial charge on any atom is -0.396 e. The van der Waals surface area contributed by atoms with Crippen molar-refractivity contribution in [3.8, 4) is 0 Å². The summed E-state index contributed by atoms with van der Waals surface area (Å²) in [7, 11) is 0. The highest BCUT2D eigenvalue weighted by molar-refractivity contribution is 9.10. The van der Waals surface area contributed by atoms with Gasteiger partial charge in [-0.1, -0.05) is 27.5 Å². The maximum Gasteiger partial charge on any atom is 0.0451 e. The van der Waals surface area contributed by atoms with Crippen molar-refractivity contribution in [3.05, 3.63) is 33.3 Å². The van der Waals surface area contributed by atoms with Gasteiger partial charge in [-0.2, -0.15) is 0 Å². The molecular formula is C10H13BrClNO. The Morgan fingerprint density at radius 2 is 2.21 bits per heavy atom. The lowest BCUT2D eigenvalue weighted by molar-refractivity contribution is 0.286. The van der Waals surface area contributed by atoms with Crippen LogP contribution in [0.25, 0.3) is 0 Å². The third kappa shape index (κ3) is 3.96. The molecule has 78 valence electrons. The van der Waals surface area contributed by atoms with Crippen molar-refractivity contribution in [2.45, 2.75) is 13.0 Å². The molecule has 0 fully saturated rings. The van der Waals surface area contributed by atoms with E-state index in [0.717, 1.165) is 34.6 Å². The van der Waals surface area contributed by atoms with Gasteiger partial charge >= 0.3 is 0 Å². The first-order valence-corrected chi connectivity index (χ1v) is 5.66. The Morgan fingerprint density at radius 3 is 2.93 bits per heavy atom. The van der Waals surface area contributed by atoms with Crippen LogP contribution in [-0.2, 0) is 6.54 Å². The molecular weight excluding hydrogens is 265 g/mol. The van der Waals surface area contributed by atoms with Gasteiger partial charge in [-0.3, -0.25) is 0 Å². The summed E-state index contributed by atoms with van der Waals surface area (Å²) in [5.41, 5.74) is 1.07. The molecule has 14 heavy (non-hydrogen) atoms. The predicted octanol–water partition coefficient (Wildman–Crippen LogP) is 2.57. The minimum atomic E-state index is 0.221. The molecule has 2 N–H and O–H groups in total. The van der Waals surface area contributed by atoms with Crippen molar-refractivity contribution in [2.75, 3.05) is 13.2 Å². The fraction of sp³-hybridized carbons (Fsp3) is 0.400. The first-order chi connectivity index (χ1) is 6.74. The van der Waals surface area contributed by atoms with Crippen LogP contribution in [0.1, 0.15) is 12.0 Å². The van der Waals surface area contributed by atoms with Gasteiger partial charge in [0.05, 0.1) is 0 Å². The summed E-state index contributed by atoms with van der Waals surface area (Å²) in [4.78, 5) is 0. The maximum absolute atomic E-state index is 8.59. The van der Waals surface area contributed by atoms with Crippen LogP contribution >= 0.6 is 27.5 Å². The van der Waals surface area contributed by atoms with Crippen molar-refractivity contribution in [2.24, 2.45) is 0 Å². The second-order valence-electron chi connectivity index (χ2n) is 2.99. The molecule has 0 saturated carbocycles. The number of hydrogen-bond donors (Lipinski definition) is 2. The zero-order valence-electron chi connectivity index (χ0n) is 7.76. The molecule has 0 aliphatic heterocycles. The zero-order chi connectivity index (χ0) is 10.4. The fourth-order valence-corrected chi connectivity index (χ4v) is 1.70. The molecule has 0 aliphatic rings. The molecule has 1 aromatic carbocycles. The number of nitrogens with one attached hydrogen (secondary N) is 1. The van der Waals surface area contributed by atoms with E-state index in [1.807, 2.05) is 18.2 Å². The van der Waals surface area contributed by atoms with Crippen molar-refractivity contribution in [3.63, 3.8) is 0 Å². The highest BCUT2D eigenvalue weighted by Gasteiger charge is 1.99. The molecule has 0 unspecified atom stereocenters. The largest absolute Gasteiger partial charge is 0.396 e. The van der Waals surface area contributed by atoms with Gasteiger partial charge in [0, 0.05) is 22.6 Å². The molecule has 1 aromatic rings. The molecule has 0 saturated heterocycles. The van der Waals surface area contributed by atoms with Crippen LogP contribution in [0, 0.1) is 0 Å². The molecule has 0 radical (unpaired) electrons.